The van der Waals surface area contributed by atoms with E-state index in [1.807, 2.05) is 46.3 Å². The van der Waals surface area contributed by atoms with Crippen molar-refractivity contribution in [2.75, 3.05) is 39.5 Å². The zero-order chi connectivity index (χ0) is 30.7. The minimum absolute atomic E-state index is 0.215. The Morgan fingerprint density at radius 2 is 1.60 bits per heavy atom. The van der Waals surface area contributed by atoms with Gasteiger partial charge in [0.1, 0.15) is 0 Å². The number of rotatable bonds is 13. The molecule has 0 atom stereocenters. The highest BCUT2D eigenvalue weighted by molar-refractivity contribution is 9.10. The summed E-state index contributed by atoms with van der Waals surface area (Å²) in [5, 5.41) is 2.77. The molecular formula is C33H55BrN4O2. The lowest BCUT2D eigenvalue weighted by Gasteiger charge is -2.18. The van der Waals surface area contributed by atoms with E-state index < -0.39 is 0 Å². The molecule has 1 aromatic heterocycles. The summed E-state index contributed by atoms with van der Waals surface area (Å²) in [4.78, 5) is 29.2. The Kier molecular flexibility index (Phi) is 20.1. The van der Waals surface area contributed by atoms with Crippen LogP contribution in [0.3, 0.4) is 0 Å². The molecule has 2 rings (SSSR count). The Morgan fingerprint density at radius 3 is 2.10 bits per heavy atom. The molecule has 7 heteroatoms. The molecule has 0 radical (unpaired) electrons. The highest BCUT2D eigenvalue weighted by Crippen LogP contribution is 2.30. The molecule has 1 aromatic carbocycles. The molecule has 0 aliphatic rings. The predicted molar refractivity (Wildman–Crippen MR) is 178 cm³/mol. The SMILES string of the molecule is CCC(=O)N(C)CCN(C)C.CCCCCC.CCCc1[nH]c(/C=C(\C)c2cc(Br)ccc2NC=O)c(C)c1C. The molecule has 0 aliphatic carbocycles. The number of anilines is 1. The van der Waals surface area contributed by atoms with E-state index in [0.29, 0.717) is 12.8 Å². The molecule has 226 valence electrons. The highest BCUT2D eigenvalue weighted by Gasteiger charge is 2.11. The summed E-state index contributed by atoms with van der Waals surface area (Å²) in [7, 11) is 5.85. The molecule has 0 fully saturated rings. The van der Waals surface area contributed by atoms with Gasteiger partial charge in [0, 0.05) is 53.7 Å². The van der Waals surface area contributed by atoms with Gasteiger partial charge in [-0.1, -0.05) is 75.7 Å². The van der Waals surface area contributed by atoms with Gasteiger partial charge in [0.2, 0.25) is 12.3 Å². The number of H-pyrrole nitrogens is 1. The molecule has 0 bridgehead atoms. The third kappa shape index (κ3) is 14.3. The second-order valence-corrected chi connectivity index (χ2v) is 11.4. The van der Waals surface area contributed by atoms with Crippen LogP contribution in [0, 0.1) is 13.8 Å². The lowest BCUT2D eigenvalue weighted by Crippen LogP contribution is -2.32. The summed E-state index contributed by atoms with van der Waals surface area (Å²) < 4.78 is 0.989. The van der Waals surface area contributed by atoms with Crippen LogP contribution >= 0.6 is 15.9 Å². The van der Waals surface area contributed by atoms with Crippen LogP contribution in [-0.2, 0) is 16.0 Å². The van der Waals surface area contributed by atoms with Gasteiger partial charge >= 0.3 is 0 Å². The van der Waals surface area contributed by atoms with Crippen LogP contribution < -0.4 is 5.32 Å². The van der Waals surface area contributed by atoms with Crippen LogP contribution in [0.5, 0.6) is 0 Å². The summed E-state index contributed by atoms with van der Waals surface area (Å²) in [6.45, 7) is 16.7. The third-order valence-electron chi connectivity index (χ3n) is 6.75. The summed E-state index contributed by atoms with van der Waals surface area (Å²) in [6.07, 6.45) is 11.2. The summed E-state index contributed by atoms with van der Waals surface area (Å²) in [5.41, 5.74) is 7.99. The smallest absolute Gasteiger partial charge is 0.222 e. The average molecular weight is 620 g/mol. The number of aryl methyl sites for hydroxylation is 1. The Bertz CT molecular complexity index is 1040. The van der Waals surface area contributed by atoms with Crippen molar-refractivity contribution in [3.8, 4) is 0 Å². The van der Waals surface area contributed by atoms with Gasteiger partial charge < -0.3 is 20.1 Å². The number of amides is 2. The fourth-order valence-corrected chi connectivity index (χ4v) is 4.35. The maximum Gasteiger partial charge on any atom is 0.222 e. The predicted octanol–water partition coefficient (Wildman–Crippen LogP) is 8.48. The number of hydrogen-bond acceptors (Lipinski definition) is 3. The quantitative estimate of drug-likeness (QED) is 0.175. The van der Waals surface area contributed by atoms with Gasteiger partial charge in [-0.15, -0.1) is 0 Å². The number of benzene rings is 1. The fourth-order valence-electron chi connectivity index (χ4n) is 3.99. The van der Waals surface area contributed by atoms with E-state index in [4.69, 9.17) is 0 Å². The number of aromatic amines is 1. The average Bonchev–Trinajstić information content (AvgIpc) is 3.19. The number of likely N-dealkylation sites (N-methyl/N-ethyl adjacent to an activating group) is 2. The number of allylic oxidation sites excluding steroid dienone is 1. The Hall–Kier alpha value is -2.38. The van der Waals surface area contributed by atoms with E-state index in [2.05, 4.69) is 78.7 Å². The Labute approximate surface area is 253 Å². The topological polar surface area (TPSA) is 68.4 Å². The standard InChI is InChI=1S/C19H23BrN2O.C8H18N2O.C6H14/c1-5-6-17-13(3)14(4)19(22-17)9-12(2)16-10-15(20)7-8-18(16)21-11-23;1-5-8(11)10(4)7-6-9(2)3;1-3-5-6-4-2/h7-11,22H,5-6H2,1-4H3,(H,21,23);5-7H2,1-4H3;3-6H2,1-2H3/b12-9+;;. The molecule has 2 N–H and O–H groups in total. The van der Waals surface area contributed by atoms with E-state index in [1.165, 1.54) is 42.5 Å². The number of nitrogens with one attached hydrogen (secondary N) is 2. The highest BCUT2D eigenvalue weighted by atomic mass is 79.9. The second kappa shape index (κ2) is 21.4. The number of unbranched alkanes of at least 4 members (excludes halogenated alkanes) is 3. The lowest BCUT2D eigenvalue weighted by atomic mass is 10.0. The van der Waals surface area contributed by atoms with Crippen molar-refractivity contribution in [3.05, 3.63) is 50.8 Å². The molecule has 2 aromatic rings. The zero-order valence-corrected chi connectivity index (χ0v) is 28.4. The third-order valence-corrected chi connectivity index (χ3v) is 7.25. The van der Waals surface area contributed by atoms with E-state index in [-0.39, 0.29) is 5.91 Å². The number of carbonyl (C=O) groups excluding carboxylic acids is 2. The van der Waals surface area contributed by atoms with Crippen LogP contribution in [0.15, 0.2) is 22.7 Å². The number of halogens is 1. The van der Waals surface area contributed by atoms with Crippen molar-refractivity contribution < 1.29 is 9.59 Å². The van der Waals surface area contributed by atoms with Gasteiger partial charge in [0.15, 0.2) is 0 Å². The Balaban J connectivity index is 0.000000742. The number of hydrogen-bond donors (Lipinski definition) is 2. The first-order valence-corrected chi connectivity index (χ1v) is 15.5. The van der Waals surface area contributed by atoms with Gasteiger partial charge in [-0.25, -0.2) is 0 Å². The van der Waals surface area contributed by atoms with Crippen molar-refractivity contribution in [2.45, 2.75) is 93.4 Å². The molecule has 0 saturated heterocycles. The van der Waals surface area contributed by atoms with Crippen LogP contribution in [0.1, 0.15) is 101 Å². The van der Waals surface area contributed by atoms with Crippen molar-refractivity contribution in [1.29, 1.82) is 0 Å². The summed E-state index contributed by atoms with van der Waals surface area (Å²) in [6, 6.07) is 5.85. The zero-order valence-electron chi connectivity index (χ0n) is 26.8. The molecule has 0 spiro atoms. The molecular weight excluding hydrogens is 564 g/mol. The molecule has 2 amide bonds. The summed E-state index contributed by atoms with van der Waals surface area (Å²) >= 11 is 3.50. The minimum Gasteiger partial charge on any atom is -0.358 e. The molecule has 1 heterocycles. The van der Waals surface area contributed by atoms with Crippen LogP contribution in [-0.4, -0.2) is 61.3 Å². The normalized spacial score (nSPS) is 10.8. The first kappa shape index (κ1) is 37.6. The van der Waals surface area contributed by atoms with Crippen LogP contribution in [0.25, 0.3) is 11.6 Å². The monoisotopic (exact) mass is 618 g/mol. The van der Waals surface area contributed by atoms with Gasteiger partial charge in [-0.2, -0.15) is 0 Å². The largest absolute Gasteiger partial charge is 0.358 e. The van der Waals surface area contributed by atoms with Crippen molar-refractivity contribution >= 4 is 45.6 Å². The van der Waals surface area contributed by atoms with Crippen molar-refractivity contribution in [1.82, 2.24) is 14.8 Å². The van der Waals surface area contributed by atoms with E-state index in [0.717, 1.165) is 52.9 Å². The lowest BCUT2D eigenvalue weighted by molar-refractivity contribution is -0.129. The first-order valence-electron chi connectivity index (χ1n) is 14.7. The van der Waals surface area contributed by atoms with E-state index in [9.17, 15) is 9.59 Å². The van der Waals surface area contributed by atoms with Crippen molar-refractivity contribution in [3.63, 3.8) is 0 Å². The van der Waals surface area contributed by atoms with Crippen molar-refractivity contribution in [2.24, 2.45) is 0 Å². The molecule has 6 nitrogen and oxygen atoms in total. The molecule has 40 heavy (non-hydrogen) atoms. The number of carbonyl (C=O) groups is 2. The van der Waals surface area contributed by atoms with Gasteiger partial charge in [-0.3, -0.25) is 9.59 Å². The van der Waals surface area contributed by atoms with Crippen LogP contribution in [0.2, 0.25) is 0 Å². The molecule has 0 saturated carbocycles. The first-order chi connectivity index (χ1) is 19.0. The Morgan fingerprint density at radius 1 is 0.975 bits per heavy atom. The fraction of sp³-hybridized carbons (Fsp3) is 0.576. The van der Waals surface area contributed by atoms with Gasteiger partial charge in [0.25, 0.3) is 0 Å². The number of nitrogens with zero attached hydrogens (tertiary/aromatic N) is 2. The maximum atomic E-state index is 11.0. The minimum atomic E-state index is 0.215. The maximum absolute atomic E-state index is 11.0. The number of aromatic nitrogens is 1. The van der Waals surface area contributed by atoms with Gasteiger partial charge in [-0.05, 0) is 82.3 Å². The van der Waals surface area contributed by atoms with E-state index in [1.54, 1.807) is 4.90 Å². The molecule has 0 unspecified atom stereocenters. The summed E-state index contributed by atoms with van der Waals surface area (Å²) in [5.74, 6) is 0.215. The van der Waals surface area contributed by atoms with Crippen LogP contribution in [0.4, 0.5) is 5.69 Å². The molecule has 0 aliphatic heterocycles. The van der Waals surface area contributed by atoms with E-state index >= 15 is 0 Å². The van der Waals surface area contributed by atoms with Gasteiger partial charge in [0.05, 0.1) is 0 Å². The second-order valence-electron chi connectivity index (χ2n) is 10.5.